The lowest BCUT2D eigenvalue weighted by molar-refractivity contribution is 0.0531. The van der Waals surface area contributed by atoms with Gasteiger partial charge in [0.25, 0.3) is 0 Å². The van der Waals surface area contributed by atoms with Gasteiger partial charge < -0.3 is 9.52 Å². The van der Waals surface area contributed by atoms with Gasteiger partial charge in [-0.05, 0) is 46.7 Å². The zero-order valence-electron chi connectivity index (χ0n) is 8.95. The predicted molar refractivity (Wildman–Crippen MR) is 62.5 cm³/mol. The van der Waals surface area contributed by atoms with E-state index in [0.717, 1.165) is 23.2 Å². The Kier molecular flexibility index (Phi) is 3.52. The molecule has 3 heteroatoms. The van der Waals surface area contributed by atoms with Crippen LogP contribution in [0.15, 0.2) is 21.2 Å². The molecule has 3 unspecified atom stereocenters. The van der Waals surface area contributed by atoms with Gasteiger partial charge in [-0.2, -0.15) is 0 Å². The van der Waals surface area contributed by atoms with Crippen molar-refractivity contribution in [3.63, 3.8) is 0 Å². The van der Waals surface area contributed by atoms with E-state index < -0.39 is 6.10 Å². The molecule has 0 saturated heterocycles. The van der Waals surface area contributed by atoms with Gasteiger partial charge in [0, 0.05) is 0 Å². The summed E-state index contributed by atoms with van der Waals surface area (Å²) in [6, 6.07) is 1.84. The smallest absolute Gasteiger partial charge is 0.146 e. The van der Waals surface area contributed by atoms with Crippen molar-refractivity contribution < 1.29 is 9.52 Å². The summed E-state index contributed by atoms with van der Waals surface area (Å²) in [6.45, 7) is 2.26. The molecule has 1 N–H and O–H groups in total. The number of hydrogen-bond acceptors (Lipinski definition) is 2. The Morgan fingerprint density at radius 2 is 2.33 bits per heavy atom. The van der Waals surface area contributed by atoms with E-state index in [1.165, 1.54) is 12.8 Å². The molecule has 1 aliphatic carbocycles. The van der Waals surface area contributed by atoms with Crippen LogP contribution in [0.5, 0.6) is 0 Å². The highest BCUT2D eigenvalue weighted by molar-refractivity contribution is 9.10. The van der Waals surface area contributed by atoms with Crippen LogP contribution in [0.4, 0.5) is 0 Å². The van der Waals surface area contributed by atoms with Gasteiger partial charge in [-0.1, -0.05) is 19.8 Å². The molecule has 2 nitrogen and oxygen atoms in total. The van der Waals surface area contributed by atoms with Crippen molar-refractivity contribution >= 4 is 15.9 Å². The van der Waals surface area contributed by atoms with E-state index >= 15 is 0 Å². The lowest BCUT2D eigenvalue weighted by atomic mass is 9.79. The summed E-state index contributed by atoms with van der Waals surface area (Å²) in [6.07, 6.45) is 5.91. The minimum absolute atomic E-state index is 0.358. The van der Waals surface area contributed by atoms with Crippen molar-refractivity contribution in [3.05, 3.63) is 22.6 Å². The van der Waals surface area contributed by atoms with E-state index in [9.17, 15) is 5.11 Å². The van der Waals surface area contributed by atoms with E-state index in [4.69, 9.17) is 4.42 Å². The van der Waals surface area contributed by atoms with Gasteiger partial charge in [-0.25, -0.2) is 0 Å². The monoisotopic (exact) mass is 272 g/mol. The third kappa shape index (κ3) is 2.45. The van der Waals surface area contributed by atoms with Crippen molar-refractivity contribution in [2.45, 2.75) is 38.7 Å². The second-order valence-corrected chi connectivity index (χ2v) is 5.46. The average molecular weight is 273 g/mol. The van der Waals surface area contributed by atoms with Crippen LogP contribution in [-0.4, -0.2) is 5.11 Å². The minimum atomic E-state index is -0.447. The maximum absolute atomic E-state index is 10.2. The second kappa shape index (κ2) is 4.71. The predicted octanol–water partition coefficient (Wildman–Crippen LogP) is 3.90. The van der Waals surface area contributed by atoms with Crippen LogP contribution in [0.25, 0.3) is 0 Å². The van der Waals surface area contributed by atoms with E-state index in [-0.39, 0.29) is 0 Å². The lowest BCUT2D eigenvalue weighted by Crippen LogP contribution is -2.20. The van der Waals surface area contributed by atoms with Gasteiger partial charge >= 0.3 is 0 Å². The molecular formula is C12H17BrO2. The first-order valence-corrected chi connectivity index (χ1v) is 6.38. The van der Waals surface area contributed by atoms with Crippen LogP contribution in [0.3, 0.4) is 0 Å². The molecule has 1 fully saturated rings. The molecule has 2 rings (SSSR count). The first-order chi connectivity index (χ1) is 7.18. The molecule has 15 heavy (non-hydrogen) atoms. The Morgan fingerprint density at radius 3 is 2.93 bits per heavy atom. The maximum atomic E-state index is 10.2. The number of furan rings is 1. The lowest BCUT2D eigenvalue weighted by Gasteiger charge is -2.29. The molecule has 0 bridgehead atoms. The number of hydrogen-bond donors (Lipinski definition) is 1. The highest BCUT2D eigenvalue weighted by atomic mass is 79.9. The molecule has 0 aliphatic heterocycles. The van der Waals surface area contributed by atoms with Crippen molar-refractivity contribution in [1.82, 2.24) is 0 Å². The highest BCUT2D eigenvalue weighted by Gasteiger charge is 2.29. The van der Waals surface area contributed by atoms with Gasteiger partial charge in [-0.15, -0.1) is 0 Å². The fraction of sp³-hybridized carbons (Fsp3) is 0.667. The van der Waals surface area contributed by atoms with Crippen LogP contribution >= 0.6 is 15.9 Å². The summed E-state index contributed by atoms with van der Waals surface area (Å²) in [5.74, 6) is 1.78. The first-order valence-electron chi connectivity index (χ1n) is 5.59. The Hall–Kier alpha value is -0.280. The summed E-state index contributed by atoms with van der Waals surface area (Å²) >= 11 is 3.39. The minimum Gasteiger partial charge on any atom is -0.465 e. The van der Waals surface area contributed by atoms with E-state index in [2.05, 4.69) is 22.9 Å². The fourth-order valence-electron chi connectivity index (χ4n) is 2.50. The molecule has 84 valence electrons. The van der Waals surface area contributed by atoms with Crippen molar-refractivity contribution in [1.29, 1.82) is 0 Å². The van der Waals surface area contributed by atoms with Crippen LogP contribution in [0.2, 0.25) is 0 Å². The van der Waals surface area contributed by atoms with Crippen LogP contribution in [-0.2, 0) is 0 Å². The van der Waals surface area contributed by atoms with E-state index in [1.54, 1.807) is 6.26 Å². The first kappa shape index (κ1) is 11.2. The zero-order chi connectivity index (χ0) is 10.8. The molecule has 1 saturated carbocycles. The second-order valence-electron chi connectivity index (χ2n) is 4.61. The highest BCUT2D eigenvalue weighted by Crippen LogP contribution is 2.39. The van der Waals surface area contributed by atoms with Gasteiger partial charge in [0.15, 0.2) is 0 Å². The van der Waals surface area contributed by atoms with Crippen LogP contribution in [0.1, 0.15) is 44.5 Å². The van der Waals surface area contributed by atoms with Gasteiger partial charge in [-0.3, -0.25) is 0 Å². The Balaban J connectivity index is 2.07. The van der Waals surface area contributed by atoms with Crippen molar-refractivity contribution in [2.75, 3.05) is 0 Å². The molecule has 0 amide bonds. The molecule has 1 heterocycles. The fourth-order valence-corrected chi connectivity index (χ4v) is 2.93. The summed E-state index contributed by atoms with van der Waals surface area (Å²) in [4.78, 5) is 0. The molecule has 3 atom stereocenters. The summed E-state index contributed by atoms with van der Waals surface area (Å²) in [5.41, 5.74) is 0. The third-order valence-electron chi connectivity index (χ3n) is 3.34. The van der Waals surface area contributed by atoms with Gasteiger partial charge in [0.1, 0.15) is 11.9 Å². The summed E-state index contributed by atoms with van der Waals surface area (Å²) < 4.78 is 6.20. The van der Waals surface area contributed by atoms with Crippen LogP contribution in [0, 0.1) is 11.8 Å². The topological polar surface area (TPSA) is 33.4 Å². The number of aliphatic hydroxyl groups excluding tert-OH is 1. The molecule has 0 aromatic carbocycles. The van der Waals surface area contributed by atoms with Gasteiger partial charge in [0.05, 0.1) is 10.7 Å². The zero-order valence-corrected chi connectivity index (χ0v) is 10.5. The molecule has 1 aliphatic rings. The number of halogens is 1. The van der Waals surface area contributed by atoms with E-state index in [0.29, 0.717) is 11.7 Å². The Labute approximate surface area is 98.8 Å². The number of rotatable bonds is 2. The molecular weight excluding hydrogens is 256 g/mol. The molecule has 0 spiro atoms. The Morgan fingerprint density at radius 1 is 1.53 bits per heavy atom. The summed E-state index contributed by atoms with van der Waals surface area (Å²) in [5, 5.41) is 10.2. The molecule has 0 radical (unpaired) electrons. The maximum Gasteiger partial charge on any atom is 0.146 e. The van der Waals surface area contributed by atoms with Crippen molar-refractivity contribution in [2.24, 2.45) is 11.8 Å². The standard InChI is InChI=1S/C12H17BrO2/c1-8-3-2-4-9(7-8)11(14)12-10(13)5-6-15-12/h5-6,8-9,11,14H,2-4,7H2,1H3. The van der Waals surface area contributed by atoms with Crippen LogP contribution < -0.4 is 0 Å². The quantitative estimate of drug-likeness (QED) is 0.886. The SMILES string of the molecule is CC1CCCC(C(O)c2occc2Br)C1. The summed E-state index contributed by atoms with van der Waals surface area (Å²) in [7, 11) is 0. The largest absolute Gasteiger partial charge is 0.465 e. The average Bonchev–Trinajstić information content (AvgIpc) is 2.63. The molecule has 1 aromatic heterocycles. The van der Waals surface area contributed by atoms with E-state index in [1.807, 2.05) is 6.07 Å². The Bertz CT molecular complexity index is 321. The number of aliphatic hydroxyl groups is 1. The molecule has 1 aromatic rings. The normalized spacial score (nSPS) is 29.0. The third-order valence-corrected chi connectivity index (χ3v) is 3.99. The van der Waals surface area contributed by atoms with Crippen molar-refractivity contribution in [3.8, 4) is 0 Å². The van der Waals surface area contributed by atoms with Gasteiger partial charge in [0.2, 0.25) is 0 Å².